The molecule has 27 heavy (non-hydrogen) atoms. The molecule has 0 saturated carbocycles. The molecule has 1 aliphatic rings. The number of carbonyl (C=O) groups excluding carboxylic acids is 1. The number of allylic oxidation sites excluding steroid dienone is 2. The second kappa shape index (κ2) is 8.55. The van der Waals surface area contributed by atoms with Crippen molar-refractivity contribution in [1.82, 2.24) is 4.90 Å². The normalized spacial score (nSPS) is 19.9. The first-order chi connectivity index (χ1) is 12.6. The van der Waals surface area contributed by atoms with Gasteiger partial charge < -0.3 is 10.0 Å². The molecule has 1 aromatic rings. The lowest BCUT2D eigenvalue weighted by atomic mass is 9.68. The number of carbonyl (C=O) groups is 2. The number of hydrogen-bond donors (Lipinski definition) is 1. The summed E-state index contributed by atoms with van der Waals surface area (Å²) in [7, 11) is 0. The van der Waals surface area contributed by atoms with Gasteiger partial charge in [-0.05, 0) is 42.9 Å². The predicted molar refractivity (Wildman–Crippen MR) is 109 cm³/mol. The Labute approximate surface area is 162 Å². The summed E-state index contributed by atoms with van der Waals surface area (Å²) in [5.74, 6) is -0.475. The number of carboxylic acids is 1. The third-order valence-corrected chi connectivity index (χ3v) is 5.17. The van der Waals surface area contributed by atoms with Crippen LogP contribution in [0.15, 0.2) is 41.6 Å². The second-order valence-corrected chi connectivity index (χ2v) is 8.18. The van der Waals surface area contributed by atoms with E-state index < -0.39 is 5.97 Å². The quantitative estimate of drug-likeness (QED) is 0.735. The average molecular weight is 370 g/mol. The first-order valence-electron chi connectivity index (χ1n) is 9.62. The van der Waals surface area contributed by atoms with Crippen molar-refractivity contribution in [3.05, 3.63) is 52.7 Å². The van der Waals surface area contributed by atoms with Crippen molar-refractivity contribution >= 4 is 18.0 Å². The molecule has 0 spiro atoms. The molecule has 0 fully saturated rings. The van der Waals surface area contributed by atoms with Gasteiger partial charge in [0.2, 0.25) is 5.91 Å². The Hall–Kier alpha value is -2.36. The molecule has 4 heteroatoms. The number of benzene rings is 1. The monoisotopic (exact) mass is 369 g/mol. The molecule has 4 nitrogen and oxygen atoms in total. The molecule has 1 unspecified atom stereocenters. The minimum Gasteiger partial charge on any atom is -0.481 e. The number of rotatable bonds is 7. The summed E-state index contributed by atoms with van der Waals surface area (Å²) in [6, 6.07) is 8.46. The lowest BCUT2D eigenvalue weighted by molar-refractivity contribution is -0.138. The van der Waals surface area contributed by atoms with E-state index in [1.165, 1.54) is 11.1 Å². The zero-order valence-electron chi connectivity index (χ0n) is 17.1. The third-order valence-electron chi connectivity index (χ3n) is 5.17. The average Bonchev–Trinajstić information content (AvgIpc) is 2.56. The maximum Gasteiger partial charge on any atom is 0.303 e. The maximum absolute atomic E-state index is 12.8. The predicted octanol–water partition coefficient (Wildman–Crippen LogP) is 5.00. The SMILES string of the molecule is CC(C)=Cc1ccc(C2(C)CC(=O)N(CCCC(=O)O)C=C2C(C)C)cc1. The summed E-state index contributed by atoms with van der Waals surface area (Å²) in [6.07, 6.45) is 5.06. The molecule has 0 radical (unpaired) electrons. The third kappa shape index (κ3) is 5.09. The Morgan fingerprint density at radius 1 is 1.26 bits per heavy atom. The van der Waals surface area contributed by atoms with Crippen LogP contribution in [0.1, 0.15) is 65.0 Å². The molecule has 1 aromatic carbocycles. The summed E-state index contributed by atoms with van der Waals surface area (Å²) < 4.78 is 0. The summed E-state index contributed by atoms with van der Waals surface area (Å²) in [5, 5.41) is 8.83. The number of hydrogen-bond acceptors (Lipinski definition) is 2. The molecule has 2 rings (SSSR count). The fourth-order valence-electron chi connectivity index (χ4n) is 3.81. The molecule has 0 bridgehead atoms. The minimum atomic E-state index is -0.825. The van der Waals surface area contributed by atoms with Gasteiger partial charge in [0.1, 0.15) is 0 Å². The molecule has 146 valence electrons. The van der Waals surface area contributed by atoms with Gasteiger partial charge in [-0.15, -0.1) is 0 Å². The van der Waals surface area contributed by atoms with Crippen molar-refractivity contribution in [2.45, 2.75) is 59.3 Å². The van der Waals surface area contributed by atoms with Crippen molar-refractivity contribution in [3.63, 3.8) is 0 Å². The van der Waals surface area contributed by atoms with E-state index in [1.807, 2.05) is 6.20 Å². The van der Waals surface area contributed by atoms with Gasteiger partial charge in [-0.3, -0.25) is 9.59 Å². The summed E-state index contributed by atoms with van der Waals surface area (Å²) >= 11 is 0. The van der Waals surface area contributed by atoms with Crippen LogP contribution in [0.5, 0.6) is 0 Å². The van der Waals surface area contributed by atoms with Crippen LogP contribution in [-0.4, -0.2) is 28.4 Å². The molecule has 1 atom stereocenters. The van der Waals surface area contributed by atoms with Gasteiger partial charge in [-0.2, -0.15) is 0 Å². The fourth-order valence-corrected chi connectivity index (χ4v) is 3.81. The molecule has 1 amide bonds. The Morgan fingerprint density at radius 3 is 2.41 bits per heavy atom. The zero-order valence-corrected chi connectivity index (χ0v) is 17.1. The fraction of sp³-hybridized carbons (Fsp3) is 0.478. The zero-order chi connectivity index (χ0) is 20.2. The van der Waals surface area contributed by atoms with Gasteiger partial charge in [-0.1, -0.05) is 56.7 Å². The van der Waals surface area contributed by atoms with Crippen molar-refractivity contribution in [3.8, 4) is 0 Å². The molecular weight excluding hydrogens is 338 g/mol. The van der Waals surface area contributed by atoms with Crippen LogP contribution in [0.25, 0.3) is 6.08 Å². The summed E-state index contributed by atoms with van der Waals surface area (Å²) in [5.41, 5.74) is 4.44. The Morgan fingerprint density at radius 2 is 1.89 bits per heavy atom. The minimum absolute atomic E-state index is 0.0562. The van der Waals surface area contributed by atoms with E-state index in [4.69, 9.17) is 5.11 Å². The standard InChI is InChI=1S/C23H31NO3/c1-16(2)13-18-8-10-19(11-9-18)23(5)14-21(25)24(12-6-7-22(26)27)15-20(23)17(3)4/h8-11,13,15,17H,6-7,12,14H2,1-5H3,(H,26,27). The molecule has 0 aliphatic carbocycles. The summed E-state index contributed by atoms with van der Waals surface area (Å²) in [6.45, 7) is 11.0. The van der Waals surface area contributed by atoms with Gasteiger partial charge in [-0.25, -0.2) is 0 Å². The molecule has 0 saturated heterocycles. The van der Waals surface area contributed by atoms with Gasteiger partial charge in [0.25, 0.3) is 0 Å². The van der Waals surface area contributed by atoms with Gasteiger partial charge in [0, 0.05) is 31.0 Å². The van der Waals surface area contributed by atoms with Crippen LogP contribution < -0.4 is 0 Å². The van der Waals surface area contributed by atoms with E-state index in [0.29, 0.717) is 25.3 Å². The maximum atomic E-state index is 12.8. The largest absolute Gasteiger partial charge is 0.481 e. The van der Waals surface area contributed by atoms with Crippen LogP contribution in [-0.2, 0) is 15.0 Å². The van der Waals surface area contributed by atoms with E-state index >= 15 is 0 Å². The first-order valence-corrected chi connectivity index (χ1v) is 9.62. The lowest BCUT2D eigenvalue weighted by Crippen LogP contribution is -2.42. The Balaban J connectivity index is 2.32. The first kappa shape index (κ1) is 20.9. The van der Waals surface area contributed by atoms with E-state index in [9.17, 15) is 9.59 Å². The Bertz CT molecular complexity index is 754. The van der Waals surface area contributed by atoms with Crippen LogP contribution in [0.3, 0.4) is 0 Å². The van der Waals surface area contributed by atoms with Crippen LogP contribution in [0.2, 0.25) is 0 Å². The number of carboxylic acid groups (broad SMARTS) is 1. The van der Waals surface area contributed by atoms with Gasteiger partial charge >= 0.3 is 5.97 Å². The van der Waals surface area contributed by atoms with E-state index in [1.54, 1.807) is 4.90 Å². The highest BCUT2D eigenvalue weighted by Gasteiger charge is 2.39. The molecule has 1 aliphatic heterocycles. The number of amides is 1. The van der Waals surface area contributed by atoms with Crippen LogP contribution in [0.4, 0.5) is 0 Å². The highest BCUT2D eigenvalue weighted by Crippen LogP contribution is 2.42. The topological polar surface area (TPSA) is 57.6 Å². The smallest absolute Gasteiger partial charge is 0.303 e. The van der Waals surface area contributed by atoms with Crippen molar-refractivity contribution in [1.29, 1.82) is 0 Å². The highest BCUT2D eigenvalue weighted by molar-refractivity contribution is 5.81. The van der Waals surface area contributed by atoms with Gasteiger partial charge in [0.15, 0.2) is 0 Å². The molecule has 1 heterocycles. The lowest BCUT2D eigenvalue weighted by Gasteiger charge is -2.41. The molecule has 0 aromatic heterocycles. The molecular formula is C23H31NO3. The van der Waals surface area contributed by atoms with E-state index in [2.05, 4.69) is 65.0 Å². The number of aliphatic carboxylic acids is 1. The van der Waals surface area contributed by atoms with Crippen molar-refractivity contribution < 1.29 is 14.7 Å². The van der Waals surface area contributed by atoms with Crippen molar-refractivity contribution in [2.75, 3.05) is 6.54 Å². The van der Waals surface area contributed by atoms with Crippen LogP contribution in [0, 0.1) is 5.92 Å². The highest BCUT2D eigenvalue weighted by atomic mass is 16.4. The van der Waals surface area contributed by atoms with E-state index in [0.717, 1.165) is 11.1 Å². The molecule has 1 N–H and O–H groups in total. The van der Waals surface area contributed by atoms with Crippen LogP contribution >= 0.6 is 0 Å². The van der Waals surface area contributed by atoms with Crippen molar-refractivity contribution in [2.24, 2.45) is 5.92 Å². The Kier molecular flexibility index (Phi) is 6.63. The van der Waals surface area contributed by atoms with Gasteiger partial charge in [0.05, 0.1) is 0 Å². The van der Waals surface area contributed by atoms with E-state index in [-0.39, 0.29) is 17.7 Å². The number of nitrogens with zero attached hydrogens (tertiary/aromatic N) is 1. The summed E-state index contributed by atoms with van der Waals surface area (Å²) in [4.78, 5) is 25.2. The second-order valence-electron chi connectivity index (χ2n) is 8.18.